The normalized spacial score (nSPS) is 16.6. The van der Waals surface area contributed by atoms with Crippen LogP contribution in [-0.2, 0) is 6.54 Å². The fraction of sp³-hybridized carbons (Fsp3) is 0.360. The van der Waals surface area contributed by atoms with Crippen molar-refractivity contribution in [1.82, 2.24) is 24.6 Å². The van der Waals surface area contributed by atoms with Crippen molar-refractivity contribution in [2.24, 2.45) is 0 Å². The Morgan fingerprint density at radius 3 is 2.91 bits per heavy atom. The van der Waals surface area contributed by atoms with Crippen molar-refractivity contribution in [3.05, 3.63) is 65.4 Å². The molecular formula is C25H27N5O2. The van der Waals surface area contributed by atoms with Crippen LogP contribution in [0.1, 0.15) is 53.2 Å². The Balaban J connectivity index is 1.37. The molecule has 1 atom stereocenters. The Kier molecular flexibility index (Phi) is 5.25. The molecule has 32 heavy (non-hydrogen) atoms. The number of carbonyl (C=O) groups excluding carboxylic acids is 1. The molecule has 0 N–H and O–H groups in total. The molecule has 1 fully saturated rings. The Morgan fingerprint density at radius 1 is 1.25 bits per heavy atom. The number of carbonyl (C=O) groups is 1. The van der Waals surface area contributed by atoms with Crippen molar-refractivity contribution in [3.63, 3.8) is 0 Å². The van der Waals surface area contributed by atoms with Crippen LogP contribution in [-0.4, -0.2) is 43.6 Å². The van der Waals surface area contributed by atoms with Crippen LogP contribution in [0.3, 0.4) is 0 Å². The highest BCUT2D eigenvalue weighted by molar-refractivity contribution is 5.99. The van der Waals surface area contributed by atoms with E-state index in [1.54, 1.807) is 12.4 Å². The Labute approximate surface area is 187 Å². The summed E-state index contributed by atoms with van der Waals surface area (Å²) < 4.78 is 7.86. The zero-order valence-electron chi connectivity index (χ0n) is 18.7. The molecule has 5 rings (SSSR count). The van der Waals surface area contributed by atoms with Crippen LogP contribution >= 0.6 is 0 Å². The second kappa shape index (κ2) is 8.22. The van der Waals surface area contributed by atoms with Gasteiger partial charge in [0, 0.05) is 59.8 Å². The van der Waals surface area contributed by atoms with Crippen LogP contribution in [0.4, 0.5) is 0 Å². The van der Waals surface area contributed by atoms with Gasteiger partial charge in [-0.25, -0.2) is 0 Å². The van der Waals surface area contributed by atoms with Gasteiger partial charge in [-0.3, -0.25) is 9.78 Å². The molecule has 0 radical (unpaired) electrons. The zero-order valence-corrected chi connectivity index (χ0v) is 18.7. The molecular weight excluding hydrogens is 402 g/mol. The lowest BCUT2D eigenvalue weighted by Gasteiger charge is -2.31. The summed E-state index contributed by atoms with van der Waals surface area (Å²) >= 11 is 0. The van der Waals surface area contributed by atoms with Gasteiger partial charge in [-0.15, -0.1) is 0 Å². The summed E-state index contributed by atoms with van der Waals surface area (Å²) in [5.41, 5.74) is 5.23. The van der Waals surface area contributed by atoms with E-state index in [2.05, 4.69) is 46.5 Å². The standard InChI is InChI=1S/C25H27N5O2/c1-4-30-17(3)16(2)21-13-18(9-10-22(21)30)25(31)29-12-6-8-20(15-29)24-27-23(28-32-24)19-7-5-11-26-14-19/h5,7,9-11,13-14,20H,4,6,8,12,15H2,1-3H3/t20-/m0/s1. The summed E-state index contributed by atoms with van der Waals surface area (Å²) in [5, 5.41) is 5.27. The maximum atomic E-state index is 13.4. The zero-order chi connectivity index (χ0) is 22.2. The van der Waals surface area contributed by atoms with Gasteiger partial charge in [-0.05, 0) is 69.5 Å². The Morgan fingerprint density at radius 2 is 2.12 bits per heavy atom. The van der Waals surface area contributed by atoms with Gasteiger partial charge < -0.3 is 14.0 Å². The number of aromatic nitrogens is 4. The molecule has 1 aliphatic heterocycles. The SMILES string of the molecule is CCn1c(C)c(C)c2cc(C(=O)N3CCC[C@H](c4nc(-c5cccnc5)no4)C3)ccc21. The Hall–Kier alpha value is -3.48. The molecule has 4 aromatic rings. The first-order valence-corrected chi connectivity index (χ1v) is 11.2. The Bertz CT molecular complexity index is 1270. The fourth-order valence-electron chi connectivity index (χ4n) is 4.75. The third-order valence-electron chi connectivity index (χ3n) is 6.62. The molecule has 7 heteroatoms. The van der Waals surface area contributed by atoms with E-state index in [4.69, 9.17) is 4.52 Å². The lowest BCUT2D eigenvalue weighted by molar-refractivity contribution is 0.0696. The van der Waals surface area contributed by atoms with E-state index in [-0.39, 0.29) is 11.8 Å². The van der Waals surface area contributed by atoms with Gasteiger partial charge in [0.05, 0.1) is 5.92 Å². The predicted octanol–water partition coefficient (Wildman–Crippen LogP) is 4.74. The van der Waals surface area contributed by atoms with Gasteiger partial charge in [0.2, 0.25) is 11.7 Å². The molecule has 4 heterocycles. The van der Waals surface area contributed by atoms with Crippen LogP contribution in [0, 0.1) is 13.8 Å². The topological polar surface area (TPSA) is 77.1 Å². The maximum absolute atomic E-state index is 13.4. The van der Waals surface area contributed by atoms with E-state index >= 15 is 0 Å². The molecule has 0 aliphatic carbocycles. The van der Waals surface area contributed by atoms with Crippen molar-refractivity contribution in [2.45, 2.75) is 46.1 Å². The number of aryl methyl sites for hydroxylation is 2. The number of nitrogens with zero attached hydrogens (tertiary/aromatic N) is 5. The highest BCUT2D eigenvalue weighted by Crippen LogP contribution is 2.30. The van der Waals surface area contributed by atoms with Crippen LogP contribution in [0.25, 0.3) is 22.3 Å². The number of fused-ring (bicyclic) bond motifs is 1. The number of benzene rings is 1. The highest BCUT2D eigenvalue weighted by Gasteiger charge is 2.29. The van der Waals surface area contributed by atoms with Crippen molar-refractivity contribution >= 4 is 16.8 Å². The summed E-state index contributed by atoms with van der Waals surface area (Å²) in [6.45, 7) is 8.66. The van der Waals surface area contributed by atoms with Gasteiger partial charge >= 0.3 is 0 Å². The molecule has 0 unspecified atom stereocenters. The number of hydrogen-bond acceptors (Lipinski definition) is 5. The number of hydrogen-bond donors (Lipinski definition) is 0. The monoisotopic (exact) mass is 429 g/mol. The smallest absolute Gasteiger partial charge is 0.253 e. The van der Waals surface area contributed by atoms with Crippen LogP contribution in [0.2, 0.25) is 0 Å². The molecule has 1 aromatic carbocycles. The number of rotatable bonds is 4. The summed E-state index contributed by atoms with van der Waals surface area (Å²) in [7, 11) is 0. The largest absolute Gasteiger partial charge is 0.345 e. The second-order valence-corrected chi connectivity index (χ2v) is 8.47. The van der Waals surface area contributed by atoms with Crippen LogP contribution < -0.4 is 0 Å². The lowest BCUT2D eigenvalue weighted by Crippen LogP contribution is -2.39. The van der Waals surface area contributed by atoms with E-state index in [0.717, 1.165) is 42.4 Å². The summed E-state index contributed by atoms with van der Waals surface area (Å²) in [6, 6.07) is 9.83. The molecule has 0 spiro atoms. The molecule has 0 saturated carbocycles. The lowest BCUT2D eigenvalue weighted by atomic mass is 9.97. The van der Waals surface area contributed by atoms with Crippen molar-refractivity contribution in [3.8, 4) is 11.4 Å². The highest BCUT2D eigenvalue weighted by atomic mass is 16.5. The van der Waals surface area contributed by atoms with Gasteiger partial charge in [0.25, 0.3) is 5.91 Å². The minimum absolute atomic E-state index is 0.0412. The maximum Gasteiger partial charge on any atom is 0.253 e. The number of pyridine rings is 1. The number of likely N-dealkylation sites (tertiary alicyclic amines) is 1. The van der Waals surface area contributed by atoms with Crippen molar-refractivity contribution in [1.29, 1.82) is 0 Å². The van der Waals surface area contributed by atoms with E-state index in [1.807, 2.05) is 29.2 Å². The molecule has 164 valence electrons. The summed E-state index contributed by atoms with van der Waals surface area (Å²) in [5.74, 6) is 1.22. The van der Waals surface area contributed by atoms with E-state index in [1.165, 1.54) is 16.8 Å². The first-order valence-electron chi connectivity index (χ1n) is 11.2. The average Bonchev–Trinajstić information content (AvgIpc) is 3.43. The number of piperidine rings is 1. The van der Waals surface area contributed by atoms with E-state index < -0.39 is 0 Å². The van der Waals surface area contributed by atoms with Gasteiger partial charge in [0.1, 0.15) is 0 Å². The van der Waals surface area contributed by atoms with Crippen LogP contribution in [0.15, 0.2) is 47.2 Å². The predicted molar refractivity (Wildman–Crippen MR) is 122 cm³/mol. The van der Waals surface area contributed by atoms with Crippen molar-refractivity contribution in [2.75, 3.05) is 13.1 Å². The van der Waals surface area contributed by atoms with Gasteiger partial charge in [-0.1, -0.05) is 5.16 Å². The number of amides is 1. The quantitative estimate of drug-likeness (QED) is 0.468. The fourth-order valence-corrected chi connectivity index (χ4v) is 4.75. The summed E-state index contributed by atoms with van der Waals surface area (Å²) in [6.07, 6.45) is 5.27. The molecule has 0 bridgehead atoms. The first-order chi connectivity index (χ1) is 15.6. The van der Waals surface area contributed by atoms with E-state index in [9.17, 15) is 4.79 Å². The first kappa shape index (κ1) is 20.4. The van der Waals surface area contributed by atoms with E-state index in [0.29, 0.717) is 18.3 Å². The molecule has 1 aliphatic rings. The minimum Gasteiger partial charge on any atom is -0.345 e. The molecule has 7 nitrogen and oxygen atoms in total. The second-order valence-electron chi connectivity index (χ2n) is 8.47. The van der Waals surface area contributed by atoms with Gasteiger partial charge in [-0.2, -0.15) is 4.98 Å². The molecule has 1 saturated heterocycles. The molecule has 3 aromatic heterocycles. The minimum atomic E-state index is 0.0412. The molecule has 1 amide bonds. The third kappa shape index (κ3) is 3.47. The van der Waals surface area contributed by atoms with Gasteiger partial charge in [0.15, 0.2) is 0 Å². The summed E-state index contributed by atoms with van der Waals surface area (Å²) in [4.78, 5) is 24.0. The van der Waals surface area contributed by atoms with Crippen LogP contribution in [0.5, 0.6) is 0 Å². The average molecular weight is 430 g/mol. The van der Waals surface area contributed by atoms with Crippen molar-refractivity contribution < 1.29 is 9.32 Å². The third-order valence-corrected chi connectivity index (χ3v) is 6.62.